The van der Waals surface area contributed by atoms with Gasteiger partial charge in [-0.1, -0.05) is 139 Å². The zero-order chi connectivity index (χ0) is 60.3. The number of aromatic nitrogens is 2. The monoisotopic (exact) mass is 1200 g/mol. The minimum atomic E-state index is -3.71. The van der Waals surface area contributed by atoms with E-state index in [0.717, 1.165) is 27.1 Å². The van der Waals surface area contributed by atoms with Crippen LogP contribution >= 0.6 is 11.3 Å². The van der Waals surface area contributed by atoms with Gasteiger partial charge in [-0.3, -0.25) is 0 Å². The summed E-state index contributed by atoms with van der Waals surface area (Å²) in [6.45, 7) is 48.7. The smallest absolute Gasteiger partial charge is 0.330 e. The van der Waals surface area contributed by atoms with Crippen LogP contribution in [0.25, 0.3) is 16.3 Å². The number of rotatable bonds is 28. The van der Waals surface area contributed by atoms with E-state index in [2.05, 4.69) is 152 Å². The Labute approximate surface area is 491 Å². The molecule has 17 heteroatoms. The Hall–Kier alpha value is -3.11. The van der Waals surface area contributed by atoms with Crippen molar-refractivity contribution in [1.82, 2.24) is 9.97 Å². The van der Waals surface area contributed by atoms with E-state index < -0.39 is 65.4 Å². The average molecular weight is 1200 g/mol. The van der Waals surface area contributed by atoms with Crippen molar-refractivity contribution >= 4 is 68.4 Å². The van der Waals surface area contributed by atoms with E-state index in [0.29, 0.717) is 60.3 Å². The van der Waals surface area contributed by atoms with Gasteiger partial charge in [0.1, 0.15) is 24.4 Å². The molecule has 0 spiro atoms. The first-order chi connectivity index (χ1) is 36.9. The molecule has 0 amide bonds. The lowest BCUT2D eigenvalue weighted by molar-refractivity contribution is -0.179. The van der Waals surface area contributed by atoms with Gasteiger partial charge in [0, 0.05) is 38.9 Å². The van der Waals surface area contributed by atoms with Gasteiger partial charge in [0.15, 0.2) is 22.5 Å². The number of oxazole rings is 1. The summed E-state index contributed by atoms with van der Waals surface area (Å²) in [5, 5.41) is -0.0201. The summed E-state index contributed by atoms with van der Waals surface area (Å²) in [6, 6.07) is 7.49. The van der Waals surface area contributed by atoms with Crippen LogP contribution in [0.5, 0.6) is 0 Å². The lowest BCUT2D eigenvalue weighted by atomic mass is 9.87. The van der Waals surface area contributed by atoms with Crippen molar-refractivity contribution < 1.29 is 45.1 Å². The van der Waals surface area contributed by atoms with Crippen LogP contribution in [0.1, 0.15) is 155 Å². The van der Waals surface area contributed by atoms with E-state index in [1.165, 1.54) is 11.3 Å². The fraction of sp³-hybridized carbons (Fsp3) is 0.667. The molecule has 0 saturated carbocycles. The molecule has 2 aromatic heterocycles. The zero-order valence-electron chi connectivity index (χ0n) is 53.3. The zero-order valence-corrected chi connectivity index (χ0v) is 57.9. The summed E-state index contributed by atoms with van der Waals surface area (Å²) < 4.78 is 75.4. The van der Waals surface area contributed by atoms with Crippen LogP contribution in [0.15, 0.2) is 92.5 Å². The molecule has 0 unspecified atom stereocenters. The lowest BCUT2D eigenvalue weighted by Gasteiger charge is -2.46. The van der Waals surface area contributed by atoms with E-state index in [9.17, 15) is 13.2 Å². The van der Waals surface area contributed by atoms with Crippen LogP contribution in [-0.4, -0.2) is 99.5 Å². The molecular weight excluding hydrogens is 1090 g/mol. The first kappa shape index (κ1) is 69.4. The van der Waals surface area contributed by atoms with Crippen LogP contribution in [0.4, 0.5) is 0 Å². The Kier molecular flexibility index (Phi) is 25.3. The highest BCUT2D eigenvalue weighted by molar-refractivity contribution is 7.93. The number of hydrogen-bond acceptors (Lipinski definition) is 13. The van der Waals surface area contributed by atoms with Gasteiger partial charge in [0.05, 0.1) is 40.9 Å². The standard InChI is InChI=1S/C63H104N2O10S2Si3/c1-42(2)80(43(3)4,44(5)6)74-55(46(8)34-35-71-78(20,21)62(13,14)15)39-56(49(11)60(69-19)47(9)29-26-28-45(7)36-52-40-70-50(12)64-52)72-58(66)33-27-30-51-37-54(73-59(38-51)75-79(22,23)63(16,17)18)48(10)41-77(67,68)61-65-53-31-24-25-32-57(53)76-61/h24-29,31-34,36,40,42-44,48-49,51,54-56,59-60H,30,35,37-39,41H2,1-23H3/b28-26+,33-27+,45-36+,46-34+,47-29+/t48-,49+,51-,54-,55+,56+,59-,60+/m1/s1. The van der Waals surface area contributed by atoms with Crippen molar-refractivity contribution in [3.63, 3.8) is 0 Å². The third-order valence-corrected chi connectivity index (χ3v) is 36.0. The fourth-order valence-corrected chi connectivity index (χ4v) is 21.3. The molecule has 3 heterocycles. The summed E-state index contributed by atoms with van der Waals surface area (Å²) in [5.41, 5.74) is 5.44. The van der Waals surface area contributed by atoms with Crippen molar-refractivity contribution in [1.29, 1.82) is 0 Å². The number of allylic oxidation sites excluding steroid dienone is 5. The molecule has 450 valence electrons. The summed E-state index contributed by atoms with van der Waals surface area (Å²) >= 11 is 1.20. The highest BCUT2D eigenvalue weighted by atomic mass is 32.2. The van der Waals surface area contributed by atoms with Crippen molar-refractivity contribution in [2.45, 2.75) is 238 Å². The Morgan fingerprint density at radius 2 is 1.49 bits per heavy atom. The summed E-state index contributed by atoms with van der Waals surface area (Å²) in [6.07, 6.45) is 15.2. The number of esters is 1. The number of carbonyl (C=O) groups is 1. The van der Waals surface area contributed by atoms with E-state index >= 15 is 0 Å². The minimum absolute atomic E-state index is 0.0486. The number of aryl methyl sites for hydroxylation is 1. The number of fused-ring (bicyclic) bond motifs is 1. The third-order valence-electron chi connectivity index (χ3n) is 17.5. The minimum Gasteiger partial charge on any atom is -0.459 e. The van der Waals surface area contributed by atoms with E-state index in [4.69, 9.17) is 31.9 Å². The topological polar surface area (TPSA) is 146 Å². The highest BCUT2D eigenvalue weighted by Gasteiger charge is 2.48. The molecule has 0 aliphatic carbocycles. The molecule has 0 N–H and O–H groups in total. The Balaban J connectivity index is 1.72. The second-order valence-corrected chi connectivity index (χ2v) is 45.0. The fourth-order valence-electron chi connectivity index (χ4n) is 10.7. The second kappa shape index (κ2) is 29.1. The maximum absolute atomic E-state index is 14.5. The number of benzene rings is 1. The molecule has 1 aliphatic rings. The molecule has 12 nitrogen and oxygen atoms in total. The summed E-state index contributed by atoms with van der Waals surface area (Å²) in [4.78, 5) is 23.5. The second-order valence-electron chi connectivity index (χ2n) is 26.8. The van der Waals surface area contributed by atoms with Gasteiger partial charge in [-0.25, -0.2) is 23.2 Å². The van der Waals surface area contributed by atoms with Crippen LogP contribution in [0, 0.1) is 24.7 Å². The molecule has 1 fully saturated rings. The number of methoxy groups -OCH3 is 1. The molecule has 3 aromatic rings. The SMILES string of the molecule is CO[C@@H](/C(C)=C/C=C/C(C)=C/c1coc(C)n1)[C@@H](C)[C@H](C[C@H](O[Si](C(C)C)(C(C)C)C(C)C)/C(C)=C/CO[Si](C)(C)C(C)(C)C)OC(=O)/C=C/C[C@H]1C[C@@H](O[Si](C)(C)C(C)(C)C)O[C@@H]([C@H](C)CS(=O)(=O)c2nc3ccccc3s2)C1. The predicted octanol–water partition coefficient (Wildman–Crippen LogP) is 17.2. The van der Waals surface area contributed by atoms with E-state index in [1.54, 1.807) is 19.4 Å². The Morgan fingerprint density at radius 3 is 2.05 bits per heavy atom. The summed E-state index contributed by atoms with van der Waals surface area (Å²) in [7, 11) is -8.85. The third kappa shape index (κ3) is 19.0. The van der Waals surface area contributed by atoms with Crippen molar-refractivity contribution in [3.05, 3.63) is 95.3 Å². The number of sulfone groups is 1. The molecule has 0 radical (unpaired) electrons. The lowest BCUT2D eigenvalue weighted by Crippen LogP contribution is -2.51. The molecular formula is C63H104N2O10S2Si3. The highest BCUT2D eigenvalue weighted by Crippen LogP contribution is 2.46. The number of para-hydroxylation sites is 1. The van der Waals surface area contributed by atoms with Crippen molar-refractivity contribution in [2.75, 3.05) is 19.5 Å². The van der Waals surface area contributed by atoms with E-state index in [1.807, 2.05) is 69.3 Å². The van der Waals surface area contributed by atoms with Crippen LogP contribution in [0.3, 0.4) is 0 Å². The first-order valence-electron chi connectivity index (χ1n) is 29.2. The van der Waals surface area contributed by atoms with Gasteiger partial charge in [0.25, 0.3) is 0 Å². The van der Waals surface area contributed by atoms with Crippen molar-refractivity contribution in [3.8, 4) is 0 Å². The number of nitrogens with zero attached hydrogens (tertiary/aromatic N) is 2. The first-order valence-corrected chi connectivity index (χ1v) is 39.6. The van der Waals surface area contributed by atoms with Crippen molar-refractivity contribution in [2.24, 2.45) is 17.8 Å². The molecule has 1 saturated heterocycles. The molecule has 0 bridgehead atoms. The maximum atomic E-state index is 14.5. The van der Waals surface area contributed by atoms with Gasteiger partial charge < -0.3 is 31.9 Å². The number of thiazole rings is 1. The van der Waals surface area contributed by atoms with Crippen LogP contribution in [0.2, 0.25) is 52.9 Å². The van der Waals surface area contributed by atoms with E-state index in [-0.39, 0.29) is 44.0 Å². The predicted molar refractivity (Wildman–Crippen MR) is 339 cm³/mol. The van der Waals surface area contributed by atoms with Gasteiger partial charge in [-0.2, -0.15) is 0 Å². The molecule has 4 rings (SSSR count). The molecule has 1 aliphatic heterocycles. The molecule has 8 atom stereocenters. The van der Waals surface area contributed by atoms with Crippen LogP contribution in [-0.2, 0) is 42.1 Å². The molecule has 80 heavy (non-hydrogen) atoms. The largest absolute Gasteiger partial charge is 0.459 e. The van der Waals surface area contributed by atoms with Gasteiger partial charge in [-0.15, -0.1) is 11.3 Å². The summed E-state index contributed by atoms with van der Waals surface area (Å²) in [5.74, 6) is -0.535. The van der Waals surface area contributed by atoms with Crippen LogP contribution < -0.4 is 0 Å². The number of carbonyl (C=O) groups excluding carboxylic acids is 1. The Bertz CT molecular complexity index is 2690. The van der Waals surface area contributed by atoms with Gasteiger partial charge in [-0.05, 0) is 133 Å². The number of ether oxygens (including phenoxy) is 3. The Morgan fingerprint density at radius 1 is 0.863 bits per heavy atom. The number of hydrogen-bond donors (Lipinski definition) is 0. The quantitative estimate of drug-likeness (QED) is 0.0224. The average Bonchev–Trinajstić information content (AvgIpc) is 3.97. The normalized spacial score (nSPS) is 20.2. The molecule has 1 aromatic carbocycles. The van der Waals surface area contributed by atoms with Gasteiger partial charge in [0.2, 0.25) is 22.5 Å². The maximum Gasteiger partial charge on any atom is 0.330 e. The van der Waals surface area contributed by atoms with Gasteiger partial charge >= 0.3 is 5.97 Å².